The standard InChI is InChI=1S/C12H11F6NO4S/c1-2-24(22,23)19(6-10(20)21)9-4-7(11(13,14)15)3-8(5-9)12(16,17)18/h3-5H,2,6H2,1H3,(H,20,21). The van der Waals surface area contributed by atoms with E-state index in [1.165, 1.54) is 0 Å². The van der Waals surface area contributed by atoms with Gasteiger partial charge in [0.2, 0.25) is 10.0 Å². The van der Waals surface area contributed by atoms with Crippen LogP contribution in [-0.2, 0) is 27.2 Å². The van der Waals surface area contributed by atoms with Gasteiger partial charge in [-0.15, -0.1) is 0 Å². The van der Waals surface area contributed by atoms with E-state index in [1.807, 2.05) is 0 Å². The Labute approximate surface area is 132 Å². The molecule has 0 atom stereocenters. The minimum atomic E-state index is -5.18. The molecule has 0 amide bonds. The van der Waals surface area contributed by atoms with Gasteiger partial charge in [-0.05, 0) is 25.1 Å². The SMILES string of the molecule is CCS(=O)(=O)N(CC(=O)O)c1cc(C(F)(F)F)cc(C(F)(F)F)c1. The summed E-state index contributed by atoms with van der Waals surface area (Å²) in [6.07, 6.45) is -10.4. The van der Waals surface area contributed by atoms with Crippen LogP contribution in [0.2, 0.25) is 0 Å². The van der Waals surface area contributed by atoms with Gasteiger partial charge in [-0.2, -0.15) is 26.3 Å². The molecule has 0 fully saturated rings. The van der Waals surface area contributed by atoms with Crippen molar-refractivity contribution in [1.29, 1.82) is 0 Å². The molecule has 1 aromatic carbocycles. The second-order valence-electron chi connectivity index (χ2n) is 4.57. The van der Waals surface area contributed by atoms with E-state index in [1.54, 1.807) is 0 Å². The van der Waals surface area contributed by atoms with Crippen molar-refractivity contribution in [1.82, 2.24) is 0 Å². The van der Waals surface area contributed by atoms with E-state index in [4.69, 9.17) is 5.11 Å². The molecule has 0 heterocycles. The molecule has 0 bridgehead atoms. The molecule has 0 radical (unpaired) electrons. The maximum absolute atomic E-state index is 12.8. The third kappa shape index (κ3) is 4.76. The Hall–Kier alpha value is -1.98. The van der Waals surface area contributed by atoms with E-state index >= 15 is 0 Å². The maximum Gasteiger partial charge on any atom is 0.416 e. The Morgan fingerprint density at radius 2 is 1.46 bits per heavy atom. The first kappa shape index (κ1) is 20.1. The first-order chi connectivity index (χ1) is 10.7. The molecule has 0 saturated heterocycles. The molecule has 1 aromatic rings. The van der Waals surface area contributed by atoms with Gasteiger partial charge >= 0.3 is 18.3 Å². The molecule has 0 aliphatic rings. The van der Waals surface area contributed by atoms with E-state index in [-0.39, 0.29) is 22.5 Å². The Bertz CT molecular complexity index is 694. The van der Waals surface area contributed by atoms with Gasteiger partial charge in [0.15, 0.2) is 0 Å². The van der Waals surface area contributed by atoms with Crippen LogP contribution >= 0.6 is 0 Å². The molecule has 0 aliphatic carbocycles. The predicted octanol–water partition coefficient (Wildman–Crippen LogP) is 2.96. The molecule has 0 aromatic heterocycles. The zero-order valence-corrected chi connectivity index (χ0v) is 12.8. The lowest BCUT2D eigenvalue weighted by Crippen LogP contribution is -2.37. The first-order valence-electron chi connectivity index (χ1n) is 6.20. The van der Waals surface area contributed by atoms with Gasteiger partial charge in [0.05, 0.1) is 22.6 Å². The monoisotopic (exact) mass is 379 g/mol. The second-order valence-corrected chi connectivity index (χ2v) is 6.75. The fourth-order valence-corrected chi connectivity index (χ4v) is 2.76. The van der Waals surface area contributed by atoms with Gasteiger partial charge in [-0.3, -0.25) is 9.10 Å². The van der Waals surface area contributed by atoms with Crippen LogP contribution in [0.25, 0.3) is 0 Å². The number of hydrogen-bond acceptors (Lipinski definition) is 3. The highest BCUT2D eigenvalue weighted by Gasteiger charge is 2.38. The van der Waals surface area contributed by atoms with Gasteiger partial charge in [0.1, 0.15) is 6.54 Å². The summed E-state index contributed by atoms with van der Waals surface area (Å²) in [5.74, 6) is -2.45. The first-order valence-corrected chi connectivity index (χ1v) is 7.81. The summed E-state index contributed by atoms with van der Waals surface area (Å²) < 4.78 is 100. The summed E-state index contributed by atoms with van der Waals surface area (Å²) in [6.45, 7) is -0.239. The number of benzene rings is 1. The van der Waals surface area contributed by atoms with Crippen LogP contribution in [0.5, 0.6) is 0 Å². The van der Waals surface area contributed by atoms with E-state index in [0.717, 1.165) is 6.92 Å². The van der Waals surface area contributed by atoms with Gasteiger partial charge in [-0.25, -0.2) is 8.42 Å². The summed E-state index contributed by atoms with van der Waals surface area (Å²) >= 11 is 0. The molecule has 0 aliphatic heterocycles. The number of anilines is 1. The van der Waals surface area contributed by atoms with Crippen molar-refractivity contribution in [2.24, 2.45) is 0 Å². The normalized spacial score (nSPS) is 13.0. The molecular weight excluding hydrogens is 368 g/mol. The Kier molecular flexibility index (Phi) is 5.43. The highest BCUT2D eigenvalue weighted by molar-refractivity contribution is 7.92. The quantitative estimate of drug-likeness (QED) is 0.799. The molecular formula is C12H11F6NO4S. The fourth-order valence-electron chi connectivity index (χ4n) is 1.71. The van der Waals surface area contributed by atoms with Crippen LogP contribution in [0, 0.1) is 0 Å². The average molecular weight is 379 g/mol. The van der Waals surface area contributed by atoms with Crippen LogP contribution in [0.3, 0.4) is 0 Å². The van der Waals surface area contributed by atoms with E-state index in [9.17, 15) is 39.6 Å². The molecule has 0 saturated carbocycles. The topological polar surface area (TPSA) is 74.7 Å². The Morgan fingerprint density at radius 1 is 1.04 bits per heavy atom. The molecule has 1 rings (SSSR count). The van der Waals surface area contributed by atoms with Crippen molar-refractivity contribution < 1.29 is 44.7 Å². The number of carboxylic acid groups (broad SMARTS) is 1. The van der Waals surface area contributed by atoms with Crippen molar-refractivity contribution in [2.45, 2.75) is 19.3 Å². The molecule has 136 valence electrons. The third-order valence-electron chi connectivity index (χ3n) is 2.84. The number of nitrogens with zero attached hydrogens (tertiary/aromatic N) is 1. The maximum atomic E-state index is 12.8. The molecule has 1 N–H and O–H groups in total. The van der Waals surface area contributed by atoms with Crippen molar-refractivity contribution in [2.75, 3.05) is 16.6 Å². The molecule has 12 heteroatoms. The summed E-state index contributed by atoms with van der Waals surface area (Å²) in [5.41, 5.74) is -4.51. The number of halogens is 6. The highest BCUT2D eigenvalue weighted by Crippen LogP contribution is 2.38. The lowest BCUT2D eigenvalue weighted by Gasteiger charge is -2.24. The highest BCUT2D eigenvalue weighted by atomic mass is 32.2. The van der Waals surface area contributed by atoms with E-state index in [0.29, 0.717) is 0 Å². The number of aliphatic carboxylic acids is 1. The van der Waals surface area contributed by atoms with Gasteiger partial charge in [0, 0.05) is 0 Å². The largest absolute Gasteiger partial charge is 0.480 e. The van der Waals surface area contributed by atoms with Crippen LogP contribution in [-0.4, -0.2) is 31.8 Å². The lowest BCUT2D eigenvalue weighted by atomic mass is 10.1. The molecule has 0 spiro atoms. The smallest absolute Gasteiger partial charge is 0.416 e. The van der Waals surface area contributed by atoms with Crippen molar-refractivity contribution >= 4 is 21.7 Å². The lowest BCUT2D eigenvalue weighted by molar-refractivity contribution is -0.143. The van der Waals surface area contributed by atoms with Crippen molar-refractivity contribution in [3.05, 3.63) is 29.3 Å². The van der Waals surface area contributed by atoms with Crippen LogP contribution in [0.1, 0.15) is 18.1 Å². The summed E-state index contributed by atoms with van der Waals surface area (Å²) in [6, 6.07) is 0.137. The predicted molar refractivity (Wildman–Crippen MR) is 70.9 cm³/mol. The van der Waals surface area contributed by atoms with Gasteiger partial charge in [-0.1, -0.05) is 0 Å². The summed E-state index contributed by atoms with van der Waals surface area (Å²) in [5, 5.41) is 8.71. The van der Waals surface area contributed by atoms with Gasteiger partial charge in [0.25, 0.3) is 0 Å². The zero-order valence-electron chi connectivity index (χ0n) is 11.9. The minimum Gasteiger partial charge on any atom is -0.480 e. The average Bonchev–Trinajstić information content (AvgIpc) is 2.42. The zero-order chi connectivity index (χ0) is 18.9. The Balaban J connectivity index is 3.67. The Morgan fingerprint density at radius 3 is 1.75 bits per heavy atom. The van der Waals surface area contributed by atoms with Crippen LogP contribution in [0.15, 0.2) is 18.2 Å². The molecule has 5 nitrogen and oxygen atoms in total. The summed E-state index contributed by atoms with van der Waals surface area (Å²) in [4.78, 5) is 10.8. The molecule has 0 unspecified atom stereocenters. The number of alkyl halides is 6. The van der Waals surface area contributed by atoms with Gasteiger partial charge < -0.3 is 5.11 Å². The fraction of sp³-hybridized carbons (Fsp3) is 0.417. The van der Waals surface area contributed by atoms with Crippen LogP contribution < -0.4 is 4.31 Å². The van der Waals surface area contributed by atoms with E-state index in [2.05, 4.69) is 0 Å². The second kappa shape index (κ2) is 6.49. The number of hydrogen-bond donors (Lipinski definition) is 1. The third-order valence-corrected chi connectivity index (χ3v) is 4.58. The number of rotatable bonds is 5. The number of carboxylic acids is 1. The number of sulfonamides is 1. The van der Waals surface area contributed by atoms with Crippen molar-refractivity contribution in [3.63, 3.8) is 0 Å². The number of carbonyl (C=O) groups is 1. The minimum absolute atomic E-state index is 0.000185. The van der Waals surface area contributed by atoms with Crippen LogP contribution in [0.4, 0.5) is 32.0 Å². The molecule has 24 heavy (non-hydrogen) atoms. The van der Waals surface area contributed by atoms with Crippen molar-refractivity contribution in [3.8, 4) is 0 Å². The summed E-state index contributed by atoms with van der Waals surface area (Å²) in [7, 11) is -4.42. The van der Waals surface area contributed by atoms with E-state index < -0.39 is 57.5 Å².